The van der Waals surface area contributed by atoms with E-state index in [0.29, 0.717) is 17.6 Å². The maximum absolute atomic E-state index is 14.2. The molecule has 0 spiro atoms. The van der Waals surface area contributed by atoms with Gasteiger partial charge in [-0.15, -0.1) is 0 Å². The lowest BCUT2D eigenvalue weighted by Gasteiger charge is -2.14. The minimum atomic E-state index is -0.268. The summed E-state index contributed by atoms with van der Waals surface area (Å²) in [4.78, 5) is 15.3. The van der Waals surface area contributed by atoms with Gasteiger partial charge < -0.3 is 4.57 Å². The Hall–Kier alpha value is -5.88. The molecular formula is C39H26FN5. The van der Waals surface area contributed by atoms with Gasteiger partial charge in [0.05, 0.1) is 22.1 Å². The van der Waals surface area contributed by atoms with Crippen LogP contribution in [0.15, 0.2) is 133 Å². The summed E-state index contributed by atoms with van der Waals surface area (Å²) >= 11 is 0. The molecule has 5 nitrogen and oxygen atoms in total. The molecule has 6 heteroatoms. The summed E-state index contributed by atoms with van der Waals surface area (Å²) in [5.41, 5.74) is 6.84. The Morgan fingerprint density at radius 2 is 1.16 bits per heavy atom. The van der Waals surface area contributed by atoms with Crippen molar-refractivity contribution in [2.45, 2.75) is 12.8 Å². The van der Waals surface area contributed by atoms with Gasteiger partial charge in [-0.2, -0.15) is 9.97 Å². The molecule has 45 heavy (non-hydrogen) atoms. The van der Waals surface area contributed by atoms with Gasteiger partial charge in [0, 0.05) is 38.4 Å². The molecule has 0 unspecified atom stereocenters. The molecule has 0 bridgehead atoms. The second-order valence-electron chi connectivity index (χ2n) is 11.3. The van der Waals surface area contributed by atoms with Crippen LogP contribution in [0.25, 0.3) is 72.2 Å². The van der Waals surface area contributed by atoms with Crippen molar-refractivity contribution < 1.29 is 4.39 Å². The Labute approximate surface area is 258 Å². The molecule has 1 aliphatic rings. The Morgan fingerprint density at radius 3 is 1.84 bits per heavy atom. The van der Waals surface area contributed by atoms with E-state index in [1.807, 2.05) is 48.5 Å². The summed E-state index contributed by atoms with van der Waals surface area (Å²) < 4.78 is 18.6. The van der Waals surface area contributed by atoms with Gasteiger partial charge in [-0.3, -0.25) is 4.57 Å². The number of aromatic nitrogens is 5. The Kier molecular flexibility index (Phi) is 5.75. The number of hydrogen-bond donors (Lipinski definition) is 0. The third-order valence-corrected chi connectivity index (χ3v) is 8.66. The van der Waals surface area contributed by atoms with Crippen molar-refractivity contribution in [2.24, 2.45) is 0 Å². The Bertz CT molecular complexity index is 2480. The summed E-state index contributed by atoms with van der Waals surface area (Å²) in [5, 5.41) is 4.41. The van der Waals surface area contributed by atoms with Gasteiger partial charge in [-0.05, 0) is 49.2 Å². The van der Waals surface area contributed by atoms with E-state index in [0.717, 1.165) is 73.3 Å². The molecule has 3 heterocycles. The van der Waals surface area contributed by atoms with E-state index in [4.69, 9.17) is 15.0 Å². The Balaban J connectivity index is 1.46. The molecule has 0 radical (unpaired) electrons. The standard InChI is InChI=1S/C39H26FN5/c40-27-19-21-28(22-20-27)44-33-17-9-7-15-29(33)31-23-24-32-30-16-8-10-18-34(30)45(36(32)35(31)44)39-42-37(25-11-3-1-4-12-25)41-38(43-39)26-13-5-2-6-14-26/h1,3-5,7-24H,2,6H2. The fourth-order valence-electron chi connectivity index (χ4n) is 6.66. The summed E-state index contributed by atoms with van der Waals surface area (Å²) in [6.07, 6.45) is 8.43. The van der Waals surface area contributed by atoms with Gasteiger partial charge in [-0.25, -0.2) is 9.37 Å². The van der Waals surface area contributed by atoms with Crippen molar-refractivity contribution in [3.8, 4) is 23.0 Å². The van der Waals surface area contributed by atoms with Crippen molar-refractivity contribution in [1.29, 1.82) is 0 Å². The van der Waals surface area contributed by atoms with Crippen LogP contribution in [0.2, 0.25) is 0 Å². The fraction of sp³-hybridized carbons (Fsp3) is 0.0513. The monoisotopic (exact) mass is 583 g/mol. The van der Waals surface area contributed by atoms with Crippen molar-refractivity contribution in [3.05, 3.63) is 145 Å². The number of hydrogen-bond acceptors (Lipinski definition) is 3. The number of halogens is 1. The van der Waals surface area contributed by atoms with Crippen LogP contribution in [-0.2, 0) is 0 Å². The number of allylic oxidation sites excluding steroid dienone is 4. The SMILES string of the molecule is Fc1ccc(-n2c3ccccc3c3ccc4c5ccccc5n(-c5nc(C6=CCCC=C6)nc(-c6ccccc6)n5)c4c32)cc1. The van der Waals surface area contributed by atoms with Crippen LogP contribution in [-0.4, -0.2) is 24.1 Å². The molecule has 5 aromatic carbocycles. The molecule has 9 rings (SSSR count). The predicted octanol–water partition coefficient (Wildman–Crippen LogP) is 9.61. The number of benzene rings is 5. The van der Waals surface area contributed by atoms with E-state index >= 15 is 0 Å². The first-order valence-corrected chi connectivity index (χ1v) is 15.1. The molecular weight excluding hydrogens is 557 g/mol. The molecule has 3 aromatic heterocycles. The molecule has 1 aliphatic carbocycles. The van der Waals surface area contributed by atoms with Crippen LogP contribution in [0.5, 0.6) is 0 Å². The quantitative estimate of drug-likeness (QED) is 0.207. The highest BCUT2D eigenvalue weighted by molar-refractivity contribution is 6.23. The summed E-state index contributed by atoms with van der Waals surface area (Å²) in [6.45, 7) is 0. The highest BCUT2D eigenvalue weighted by Crippen LogP contribution is 2.41. The number of nitrogens with zero attached hydrogens (tertiary/aromatic N) is 5. The highest BCUT2D eigenvalue weighted by atomic mass is 19.1. The average Bonchev–Trinajstić information content (AvgIpc) is 3.62. The molecule has 0 saturated carbocycles. The summed E-state index contributed by atoms with van der Waals surface area (Å²) in [7, 11) is 0. The molecule has 214 valence electrons. The van der Waals surface area contributed by atoms with Crippen molar-refractivity contribution in [3.63, 3.8) is 0 Å². The van der Waals surface area contributed by atoms with Gasteiger partial charge in [0.2, 0.25) is 5.95 Å². The first-order chi connectivity index (χ1) is 22.2. The predicted molar refractivity (Wildman–Crippen MR) is 180 cm³/mol. The largest absolute Gasteiger partial charge is 0.307 e. The third-order valence-electron chi connectivity index (χ3n) is 8.66. The maximum Gasteiger partial charge on any atom is 0.238 e. The average molecular weight is 584 g/mol. The van der Waals surface area contributed by atoms with Crippen molar-refractivity contribution >= 4 is 49.2 Å². The van der Waals surface area contributed by atoms with Crippen LogP contribution < -0.4 is 0 Å². The first-order valence-electron chi connectivity index (χ1n) is 15.1. The molecule has 0 saturated heterocycles. The van der Waals surface area contributed by atoms with Gasteiger partial charge in [0.15, 0.2) is 11.6 Å². The molecule has 8 aromatic rings. The van der Waals surface area contributed by atoms with E-state index in [1.165, 1.54) is 12.1 Å². The van der Waals surface area contributed by atoms with E-state index in [9.17, 15) is 4.39 Å². The molecule has 0 atom stereocenters. The maximum atomic E-state index is 14.2. The van der Waals surface area contributed by atoms with Crippen LogP contribution >= 0.6 is 0 Å². The lowest BCUT2D eigenvalue weighted by atomic mass is 10.1. The second kappa shape index (κ2) is 10.1. The first kappa shape index (κ1) is 25.6. The number of rotatable bonds is 4. The van der Waals surface area contributed by atoms with E-state index < -0.39 is 0 Å². The van der Waals surface area contributed by atoms with E-state index in [-0.39, 0.29) is 5.82 Å². The normalized spacial score (nSPS) is 13.3. The lowest BCUT2D eigenvalue weighted by Crippen LogP contribution is -2.08. The molecule has 0 fully saturated rings. The van der Waals surface area contributed by atoms with E-state index in [2.05, 4.69) is 82.0 Å². The lowest BCUT2D eigenvalue weighted by molar-refractivity contribution is 0.627. The van der Waals surface area contributed by atoms with Gasteiger partial charge in [-0.1, -0.05) is 97.1 Å². The summed E-state index contributed by atoms with van der Waals surface area (Å²) in [5.74, 6) is 1.55. The number of para-hydroxylation sites is 2. The molecule has 0 aliphatic heterocycles. The van der Waals surface area contributed by atoms with Gasteiger partial charge in [0.1, 0.15) is 5.82 Å². The number of fused-ring (bicyclic) bond motifs is 7. The van der Waals surface area contributed by atoms with Crippen LogP contribution in [0.4, 0.5) is 4.39 Å². The van der Waals surface area contributed by atoms with Crippen molar-refractivity contribution in [2.75, 3.05) is 0 Å². The zero-order valence-corrected chi connectivity index (χ0v) is 24.2. The smallest absolute Gasteiger partial charge is 0.238 e. The van der Waals surface area contributed by atoms with Gasteiger partial charge in [0.25, 0.3) is 0 Å². The third kappa shape index (κ3) is 4.03. The van der Waals surface area contributed by atoms with Gasteiger partial charge >= 0.3 is 0 Å². The highest BCUT2D eigenvalue weighted by Gasteiger charge is 2.23. The fourth-order valence-corrected chi connectivity index (χ4v) is 6.66. The molecule has 0 N–H and O–H groups in total. The minimum absolute atomic E-state index is 0.268. The zero-order valence-electron chi connectivity index (χ0n) is 24.2. The topological polar surface area (TPSA) is 48.5 Å². The van der Waals surface area contributed by atoms with Crippen LogP contribution in [0.1, 0.15) is 18.7 Å². The summed E-state index contributed by atoms with van der Waals surface area (Å²) in [6, 6.07) is 37.9. The van der Waals surface area contributed by atoms with E-state index in [1.54, 1.807) is 0 Å². The minimum Gasteiger partial charge on any atom is -0.307 e. The van der Waals surface area contributed by atoms with Crippen LogP contribution in [0, 0.1) is 5.82 Å². The second-order valence-corrected chi connectivity index (χ2v) is 11.3. The van der Waals surface area contributed by atoms with Crippen LogP contribution in [0.3, 0.4) is 0 Å². The molecule has 0 amide bonds. The zero-order chi connectivity index (χ0) is 29.9. The van der Waals surface area contributed by atoms with Crippen molar-refractivity contribution in [1.82, 2.24) is 24.1 Å². The Morgan fingerprint density at radius 1 is 0.533 bits per heavy atom.